The topological polar surface area (TPSA) is 101 Å². The van der Waals surface area contributed by atoms with Crippen LogP contribution in [0.1, 0.15) is 6.42 Å². The highest BCUT2D eigenvalue weighted by Gasteiger charge is 2.40. The van der Waals surface area contributed by atoms with Gasteiger partial charge in [0.2, 0.25) is 11.8 Å². The molecule has 1 aromatic rings. The van der Waals surface area contributed by atoms with Crippen molar-refractivity contribution in [1.29, 1.82) is 0 Å². The highest BCUT2D eigenvalue weighted by molar-refractivity contribution is 8.00. The molecule has 1 aromatic carbocycles. The summed E-state index contributed by atoms with van der Waals surface area (Å²) in [4.78, 5) is 36.0. The zero-order valence-electron chi connectivity index (χ0n) is 10.9. The van der Waals surface area contributed by atoms with Crippen molar-refractivity contribution in [3.63, 3.8) is 0 Å². The maximum Gasteiger partial charge on any atom is 0.321 e. The van der Waals surface area contributed by atoms with E-state index >= 15 is 0 Å². The number of anilines is 1. The monoisotopic (exact) mass is 328 g/mol. The molecule has 0 bridgehead atoms. The molecule has 1 heterocycles. The van der Waals surface area contributed by atoms with Gasteiger partial charge >= 0.3 is 5.97 Å². The van der Waals surface area contributed by atoms with Crippen molar-refractivity contribution in [3.05, 3.63) is 29.3 Å². The largest absolute Gasteiger partial charge is 0.480 e. The van der Waals surface area contributed by atoms with Crippen molar-refractivity contribution < 1.29 is 19.5 Å². The quantitative estimate of drug-likeness (QED) is 0.785. The number of thioether (sulfide) groups is 1. The standard InChI is InChI=1S/C13H13ClN2O4S/c14-7-2-1-3-8(4-7)16-11(17)5-10(12(16)18)21-6-9(15)13(19)20/h1-4,9-10H,5-6,15H2,(H,19,20)/t9-,10+/m0/s1. The number of aliphatic carboxylic acids is 1. The number of amides is 2. The molecule has 1 aliphatic rings. The first kappa shape index (κ1) is 15.8. The second kappa shape index (κ2) is 6.46. The number of nitrogens with zero attached hydrogens (tertiary/aromatic N) is 1. The van der Waals surface area contributed by atoms with Crippen LogP contribution in [0.5, 0.6) is 0 Å². The minimum absolute atomic E-state index is 0.0301. The van der Waals surface area contributed by atoms with E-state index in [4.69, 9.17) is 22.4 Å². The summed E-state index contributed by atoms with van der Waals surface area (Å²) < 4.78 is 0. The van der Waals surface area contributed by atoms with E-state index in [1.165, 1.54) is 6.07 Å². The van der Waals surface area contributed by atoms with Crippen LogP contribution in [0.25, 0.3) is 0 Å². The number of carboxylic acids is 1. The van der Waals surface area contributed by atoms with Gasteiger partial charge in [-0.2, -0.15) is 0 Å². The van der Waals surface area contributed by atoms with Crippen molar-refractivity contribution in [2.24, 2.45) is 5.73 Å². The van der Waals surface area contributed by atoms with Gasteiger partial charge in [-0.15, -0.1) is 11.8 Å². The molecule has 0 unspecified atom stereocenters. The van der Waals surface area contributed by atoms with E-state index in [1.807, 2.05) is 0 Å². The molecule has 3 N–H and O–H groups in total. The first-order valence-electron chi connectivity index (χ1n) is 6.12. The van der Waals surface area contributed by atoms with Crippen LogP contribution in [0, 0.1) is 0 Å². The summed E-state index contributed by atoms with van der Waals surface area (Å²) in [7, 11) is 0. The lowest BCUT2D eigenvalue weighted by molar-refractivity contribution is -0.138. The molecule has 21 heavy (non-hydrogen) atoms. The van der Waals surface area contributed by atoms with Crippen LogP contribution in [0.2, 0.25) is 5.02 Å². The van der Waals surface area contributed by atoms with Crippen molar-refractivity contribution in [2.75, 3.05) is 10.7 Å². The number of hydrogen-bond donors (Lipinski definition) is 2. The highest BCUT2D eigenvalue weighted by atomic mass is 35.5. The van der Waals surface area contributed by atoms with E-state index in [0.29, 0.717) is 10.7 Å². The first-order chi connectivity index (χ1) is 9.90. The fourth-order valence-electron chi connectivity index (χ4n) is 1.91. The third kappa shape index (κ3) is 3.55. The Hall–Kier alpha value is -1.57. The normalized spacial score (nSPS) is 19.9. The Balaban J connectivity index is 2.08. The van der Waals surface area contributed by atoms with E-state index < -0.39 is 17.3 Å². The molecule has 2 rings (SSSR count). The molecule has 112 valence electrons. The molecule has 2 amide bonds. The van der Waals surface area contributed by atoms with Crippen LogP contribution in [0.3, 0.4) is 0 Å². The lowest BCUT2D eigenvalue weighted by Gasteiger charge is -2.15. The summed E-state index contributed by atoms with van der Waals surface area (Å²) in [6.45, 7) is 0. The molecule has 0 aromatic heterocycles. The van der Waals surface area contributed by atoms with E-state index in [0.717, 1.165) is 16.7 Å². The van der Waals surface area contributed by atoms with Gasteiger partial charge in [0.15, 0.2) is 0 Å². The lowest BCUT2D eigenvalue weighted by atomic mass is 10.3. The summed E-state index contributed by atoms with van der Waals surface area (Å²) in [5.41, 5.74) is 5.81. The maximum absolute atomic E-state index is 12.3. The second-order valence-corrected chi connectivity index (χ2v) is 6.19. The number of carboxylic acid groups (broad SMARTS) is 1. The second-order valence-electron chi connectivity index (χ2n) is 4.52. The van der Waals surface area contributed by atoms with Crippen LogP contribution in [-0.2, 0) is 14.4 Å². The summed E-state index contributed by atoms with van der Waals surface area (Å²) in [6, 6.07) is 5.40. The summed E-state index contributed by atoms with van der Waals surface area (Å²) in [5.74, 6) is -1.76. The number of halogens is 1. The molecule has 2 atom stereocenters. The van der Waals surface area contributed by atoms with E-state index in [-0.39, 0.29) is 24.0 Å². The lowest BCUT2D eigenvalue weighted by Crippen LogP contribution is -2.35. The zero-order chi connectivity index (χ0) is 15.6. The zero-order valence-corrected chi connectivity index (χ0v) is 12.4. The van der Waals surface area contributed by atoms with Crippen molar-refractivity contribution in [3.8, 4) is 0 Å². The Bertz CT molecular complexity index is 595. The molecule has 1 aliphatic heterocycles. The number of benzene rings is 1. The fraction of sp³-hybridized carbons (Fsp3) is 0.308. The molecule has 0 saturated carbocycles. The van der Waals surface area contributed by atoms with Gasteiger partial charge in [-0.25, -0.2) is 4.90 Å². The van der Waals surface area contributed by atoms with E-state index in [2.05, 4.69) is 0 Å². The van der Waals surface area contributed by atoms with Gasteiger partial charge in [0.05, 0.1) is 10.9 Å². The van der Waals surface area contributed by atoms with Crippen LogP contribution in [-0.4, -0.2) is 39.9 Å². The Labute approximate surface area is 130 Å². The van der Waals surface area contributed by atoms with Crippen molar-refractivity contribution >= 4 is 46.8 Å². The highest BCUT2D eigenvalue weighted by Crippen LogP contribution is 2.30. The molecule has 6 nitrogen and oxygen atoms in total. The molecule has 1 saturated heterocycles. The molecule has 1 fully saturated rings. The average Bonchev–Trinajstić information content (AvgIpc) is 2.70. The minimum atomic E-state index is -1.13. The van der Waals surface area contributed by atoms with Gasteiger partial charge in [-0.05, 0) is 18.2 Å². The number of nitrogens with two attached hydrogens (primary N) is 1. The van der Waals surface area contributed by atoms with Gasteiger partial charge in [-0.1, -0.05) is 17.7 Å². The number of carbonyl (C=O) groups excluding carboxylic acids is 2. The van der Waals surface area contributed by atoms with Crippen LogP contribution >= 0.6 is 23.4 Å². The van der Waals surface area contributed by atoms with Gasteiger partial charge in [0, 0.05) is 17.2 Å². The minimum Gasteiger partial charge on any atom is -0.480 e. The molecule has 0 radical (unpaired) electrons. The predicted octanol–water partition coefficient (Wildman–Crippen LogP) is 1.12. The Morgan fingerprint density at radius 1 is 1.52 bits per heavy atom. The fourth-order valence-corrected chi connectivity index (χ4v) is 3.19. The number of carbonyl (C=O) groups is 3. The summed E-state index contributed by atoms with van der Waals surface area (Å²) >= 11 is 6.94. The van der Waals surface area contributed by atoms with E-state index in [9.17, 15) is 14.4 Å². The number of imide groups is 1. The van der Waals surface area contributed by atoms with Crippen LogP contribution < -0.4 is 10.6 Å². The smallest absolute Gasteiger partial charge is 0.321 e. The molecule has 0 aliphatic carbocycles. The van der Waals surface area contributed by atoms with Gasteiger partial charge in [0.1, 0.15) is 6.04 Å². The molecular formula is C13H13ClN2O4S. The maximum atomic E-state index is 12.3. The predicted molar refractivity (Wildman–Crippen MR) is 80.4 cm³/mol. The van der Waals surface area contributed by atoms with Crippen molar-refractivity contribution in [2.45, 2.75) is 17.7 Å². The Morgan fingerprint density at radius 3 is 2.86 bits per heavy atom. The van der Waals surface area contributed by atoms with Crippen LogP contribution in [0.15, 0.2) is 24.3 Å². The summed E-state index contributed by atoms with van der Waals surface area (Å²) in [6.07, 6.45) is 0.0301. The average molecular weight is 329 g/mol. The number of hydrogen-bond acceptors (Lipinski definition) is 5. The van der Waals surface area contributed by atoms with Crippen LogP contribution in [0.4, 0.5) is 5.69 Å². The first-order valence-corrected chi connectivity index (χ1v) is 7.55. The van der Waals surface area contributed by atoms with E-state index in [1.54, 1.807) is 18.2 Å². The Morgan fingerprint density at radius 2 is 2.24 bits per heavy atom. The summed E-state index contributed by atoms with van der Waals surface area (Å²) in [5, 5.41) is 8.54. The molecule has 8 heteroatoms. The third-order valence-corrected chi connectivity index (χ3v) is 4.52. The molecule has 0 spiro atoms. The van der Waals surface area contributed by atoms with Gasteiger partial charge in [0.25, 0.3) is 0 Å². The third-order valence-electron chi connectivity index (χ3n) is 2.97. The Kier molecular flexibility index (Phi) is 4.87. The van der Waals surface area contributed by atoms with Gasteiger partial charge in [-0.3, -0.25) is 14.4 Å². The van der Waals surface area contributed by atoms with Crippen molar-refractivity contribution in [1.82, 2.24) is 0 Å². The van der Waals surface area contributed by atoms with Gasteiger partial charge < -0.3 is 10.8 Å². The SMILES string of the molecule is N[C@@H](CS[C@@H]1CC(=O)N(c2cccc(Cl)c2)C1=O)C(=O)O. The molecular weight excluding hydrogens is 316 g/mol. The number of rotatable bonds is 5.